The first-order valence-electron chi connectivity index (χ1n) is 7.63. The van der Waals surface area contributed by atoms with Crippen LogP contribution >= 0.6 is 0 Å². The molecule has 1 aromatic carbocycles. The number of hydrogen-bond donors (Lipinski definition) is 1. The third-order valence-electron chi connectivity index (χ3n) is 3.64. The van der Waals surface area contributed by atoms with Crippen LogP contribution in [-0.2, 0) is 21.4 Å². The summed E-state index contributed by atoms with van der Waals surface area (Å²) >= 11 is 0. The number of carbonyl (C=O) groups is 3. The van der Waals surface area contributed by atoms with Crippen molar-refractivity contribution in [2.24, 2.45) is 7.05 Å². The van der Waals surface area contributed by atoms with E-state index in [1.807, 2.05) is 37.3 Å². The predicted molar refractivity (Wildman–Crippen MR) is 88.3 cm³/mol. The highest BCUT2D eigenvalue weighted by Crippen LogP contribution is 2.18. The van der Waals surface area contributed by atoms with E-state index in [4.69, 9.17) is 4.74 Å². The van der Waals surface area contributed by atoms with Gasteiger partial charge in [-0.25, -0.2) is 0 Å². The molecule has 0 aliphatic carbocycles. The van der Waals surface area contributed by atoms with Gasteiger partial charge in [0, 0.05) is 13.2 Å². The quantitative estimate of drug-likeness (QED) is 0.823. The Hall–Kier alpha value is -2.89. The molecule has 6 heteroatoms. The van der Waals surface area contributed by atoms with Gasteiger partial charge in [0.05, 0.1) is 6.42 Å². The van der Waals surface area contributed by atoms with Gasteiger partial charge in [-0.1, -0.05) is 37.3 Å². The summed E-state index contributed by atoms with van der Waals surface area (Å²) in [6, 6.07) is 12.9. The Morgan fingerprint density at radius 1 is 1.12 bits per heavy atom. The van der Waals surface area contributed by atoms with Crippen molar-refractivity contribution in [3.8, 4) is 0 Å². The van der Waals surface area contributed by atoms with Crippen molar-refractivity contribution in [2.45, 2.75) is 19.3 Å². The monoisotopic (exact) mass is 328 g/mol. The van der Waals surface area contributed by atoms with Crippen LogP contribution in [0.4, 0.5) is 0 Å². The Morgan fingerprint density at radius 2 is 1.83 bits per heavy atom. The van der Waals surface area contributed by atoms with Gasteiger partial charge in [0.25, 0.3) is 11.8 Å². The fourth-order valence-electron chi connectivity index (χ4n) is 2.28. The largest absolute Gasteiger partial charge is 0.456 e. The number of aryl methyl sites for hydroxylation is 1. The molecular weight excluding hydrogens is 308 g/mol. The summed E-state index contributed by atoms with van der Waals surface area (Å²) in [7, 11) is 1.70. The van der Waals surface area contributed by atoms with E-state index in [9.17, 15) is 14.4 Å². The zero-order valence-corrected chi connectivity index (χ0v) is 13.7. The molecule has 1 atom stereocenters. The Balaban J connectivity index is 1.76. The van der Waals surface area contributed by atoms with Gasteiger partial charge in [-0.2, -0.15) is 0 Å². The summed E-state index contributed by atoms with van der Waals surface area (Å²) in [6.07, 6.45) is 1.87. The average molecular weight is 328 g/mol. The number of aromatic nitrogens is 1. The van der Waals surface area contributed by atoms with Gasteiger partial charge < -0.3 is 9.30 Å². The van der Waals surface area contributed by atoms with Gasteiger partial charge in [-0.3, -0.25) is 19.7 Å². The van der Waals surface area contributed by atoms with Crippen LogP contribution in [-0.4, -0.2) is 29.0 Å². The Bertz CT molecular complexity index is 722. The maximum Gasteiger partial charge on any atom is 0.306 e. The third-order valence-corrected chi connectivity index (χ3v) is 3.64. The van der Waals surface area contributed by atoms with E-state index in [1.165, 1.54) is 0 Å². The number of imide groups is 1. The standard InChI is InChI=1S/C18H20N2O4/c1-13(14-7-4-3-5-8-14)11-17(22)24-12-16(21)19-18(23)15-9-6-10-20(15)2/h3-10,13H,11-12H2,1-2H3,(H,19,21,23). The highest BCUT2D eigenvalue weighted by Gasteiger charge is 2.16. The molecule has 2 amide bonds. The summed E-state index contributed by atoms with van der Waals surface area (Å²) in [6.45, 7) is 1.44. The maximum absolute atomic E-state index is 11.9. The van der Waals surface area contributed by atoms with Crippen LogP contribution < -0.4 is 5.32 Å². The lowest BCUT2D eigenvalue weighted by Gasteiger charge is -2.11. The minimum atomic E-state index is -0.651. The molecule has 1 heterocycles. The fourth-order valence-corrected chi connectivity index (χ4v) is 2.28. The molecule has 0 aliphatic rings. The number of amides is 2. The highest BCUT2D eigenvalue weighted by atomic mass is 16.5. The molecule has 0 saturated heterocycles. The summed E-state index contributed by atoms with van der Waals surface area (Å²) in [5, 5.41) is 2.19. The van der Waals surface area contributed by atoms with Gasteiger partial charge in [-0.05, 0) is 23.6 Å². The molecule has 6 nitrogen and oxygen atoms in total. The number of benzene rings is 1. The molecule has 1 N–H and O–H groups in total. The molecule has 2 rings (SSSR count). The van der Waals surface area contributed by atoms with Crippen molar-refractivity contribution < 1.29 is 19.1 Å². The van der Waals surface area contributed by atoms with Crippen molar-refractivity contribution in [3.63, 3.8) is 0 Å². The SMILES string of the molecule is CC(CC(=O)OCC(=O)NC(=O)c1cccn1C)c1ccccc1. The lowest BCUT2D eigenvalue weighted by molar-refractivity contribution is -0.148. The third kappa shape index (κ3) is 4.81. The van der Waals surface area contributed by atoms with Crippen LogP contribution in [0.2, 0.25) is 0 Å². The second kappa shape index (κ2) is 8.10. The van der Waals surface area contributed by atoms with Crippen LogP contribution in [0, 0.1) is 0 Å². The smallest absolute Gasteiger partial charge is 0.306 e. The molecule has 1 aromatic heterocycles. The van der Waals surface area contributed by atoms with Crippen molar-refractivity contribution in [1.82, 2.24) is 9.88 Å². The lowest BCUT2D eigenvalue weighted by Crippen LogP contribution is -2.35. The maximum atomic E-state index is 11.9. The Morgan fingerprint density at radius 3 is 2.46 bits per heavy atom. The number of hydrogen-bond acceptors (Lipinski definition) is 4. The molecule has 0 saturated carbocycles. The van der Waals surface area contributed by atoms with Gasteiger partial charge >= 0.3 is 5.97 Å². The summed E-state index contributed by atoms with van der Waals surface area (Å²) in [5.74, 6) is -1.66. The molecule has 24 heavy (non-hydrogen) atoms. The van der Waals surface area contributed by atoms with Gasteiger partial charge in [0.2, 0.25) is 0 Å². The fraction of sp³-hybridized carbons (Fsp3) is 0.278. The molecule has 1 unspecified atom stereocenters. The summed E-state index contributed by atoms with van der Waals surface area (Å²) in [5.41, 5.74) is 1.38. The zero-order chi connectivity index (χ0) is 17.5. The van der Waals surface area contributed by atoms with Crippen molar-refractivity contribution >= 4 is 17.8 Å². The second-order valence-corrected chi connectivity index (χ2v) is 5.56. The molecule has 0 aliphatic heterocycles. The van der Waals surface area contributed by atoms with Crippen LogP contribution in [0.3, 0.4) is 0 Å². The predicted octanol–water partition coefficient (Wildman–Crippen LogP) is 2.02. The van der Waals surface area contributed by atoms with E-state index in [1.54, 1.807) is 29.9 Å². The Kier molecular flexibility index (Phi) is 5.89. The molecule has 0 fully saturated rings. The molecule has 0 spiro atoms. The van der Waals surface area contributed by atoms with Crippen molar-refractivity contribution in [3.05, 3.63) is 59.9 Å². The van der Waals surface area contributed by atoms with Gasteiger partial charge in [0.1, 0.15) is 5.69 Å². The average Bonchev–Trinajstić information content (AvgIpc) is 3.00. The van der Waals surface area contributed by atoms with Gasteiger partial charge in [-0.15, -0.1) is 0 Å². The topological polar surface area (TPSA) is 77.4 Å². The normalized spacial score (nSPS) is 11.6. The zero-order valence-electron chi connectivity index (χ0n) is 13.7. The van der Waals surface area contributed by atoms with E-state index in [2.05, 4.69) is 5.32 Å². The number of nitrogens with zero attached hydrogens (tertiary/aromatic N) is 1. The molecule has 0 radical (unpaired) electrons. The van der Waals surface area contributed by atoms with Crippen molar-refractivity contribution in [2.75, 3.05) is 6.61 Å². The number of esters is 1. The summed E-state index contributed by atoms with van der Waals surface area (Å²) in [4.78, 5) is 35.4. The number of ether oxygens (including phenoxy) is 1. The van der Waals surface area contributed by atoms with Gasteiger partial charge in [0.15, 0.2) is 6.61 Å². The first kappa shape index (κ1) is 17.5. The van der Waals surface area contributed by atoms with E-state index < -0.39 is 24.4 Å². The lowest BCUT2D eigenvalue weighted by atomic mass is 9.98. The summed E-state index contributed by atoms with van der Waals surface area (Å²) < 4.78 is 6.53. The van der Waals surface area contributed by atoms with Crippen LogP contribution in [0.25, 0.3) is 0 Å². The molecule has 0 bridgehead atoms. The van der Waals surface area contributed by atoms with Crippen LogP contribution in [0.15, 0.2) is 48.7 Å². The molecular formula is C18H20N2O4. The molecule has 2 aromatic rings. The minimum absolute atomic E-state index is 0.00763. The first-order valence-corrected chi connectivity index (χ1v) is 7.63. The first-order chi connectivity index (χ1) is 11.5. The van der Waals surface area contributed by atoms with E-state index >= 15 is 0 Å². The number of carbonyl (C=O) groups excluding carboxylic acids is 3. The van der Waals surface area contributed by atoms with E-state index in [0.29, 0.717) is 5.69 Å². The van der Waals surface area contributed by atoms with Crippen LogP contribution in [0.5, 0.6) is 0 Å². The van der Waals surface area contributed by atoms with E-state index in [0.717, 1.165) is 5.56 Å². The van der Waals surface area contributed by atoms with Crippen molar-refractivity contribution in [1.29, 1.82) is 0 Å². The van der Waals surface area contributed by atoms with Crippen LogP contribution in [0.1, 0.15) is 35.3 Å². The highest BCUT2D eigenvalue weighted by molar-refractivity contribution is 6.04. The Labute approximate surface area is 140 Å². The minimum Gasteiger partial charge on any atom is -0.456 e. The van der Waals surface area contributed by atoms with E-state index in [-0.39, 0.29) is 12.3 Å². The number of nitrogens with one attached hydrogen (secondary N) is 1. The second-order valence-electron chi connectivity index (χ2n) is 5.56. The number of rotatable bonds is 6. The molecule has 126 valence electrons.